The maximum Gasteiger partial charge on any atom is 0.229 e. The van der Waals surface area contributed by atoms with Crippen LogP contribution < -0.4 is 4.72 Å². The van der Waals surface area contributed by atoms with E-state index in [0.717, 1.165) is 44.3 Å². The van der Waals surface area contributed by atoms with Gasteiger partial charge in [-0.3, -0.25) is 4.72 Å². The van der Waals surface area contributed by atoms with Crippen LogP contribution in [0.5, 0.6) is 0 Å². The smallest absolute Gasteiger partial charge is 0.229 e. The third kappa shape index (κ3) is 7.24. The second-order valence-electron chi connectivity index (χ2n) is 5.59. The van der Waals surface area contributed by atoms with Gasteiger partial charge in [0.15, 0.2) is 0 Å². The third-order valence-electron chi connectivity index (χ3n) is 3.54. The molecule has 6 heteroatoms. The highest BCUT2D eigenvalue weighted by Crippen LogP contribution is 2.21. The molecule has 0 aromatic heterocycles. The molecule has 0 radical (unpaired) electrons. The Kier molecular flexibility index (Phi) is 7.85. The van der Waals surface area contributed by atoms with Crippen molar-refractivity contribution in [1.29, 1.82) is 0 Å². The number of nitrogens with one attached hydrogen (secondary N) is 1. The topological polar surface area (TPSA) is 69.6 Å². The molecule has 0 aliphatic carbocycles. The van der Waals surface area contributed by atoms with E-state index in [9.17, 15) is 13.5 Å². The molecule has 0 aliphatic heterocycles. The Morgan fingerprint density at radius 3 is 2.32 bits per heavy atom. The first kappa shape index (κ1) is 18.9. The second kappa shape index (κ2) is 9.12. The fourth-order valence-electron chi connectivity index (χ4n) is 2.41. The Morgan fingerprint density at radius 1 is 1.18 bits per heavy atom. The molecule has 5 nitrogen and oxygen atoms in total. The molecule has 0 amide bonds. The molecule has 126 valence electrons. The van der Waals surface area contributed by atoms with Crippen molar-refractivity contribution in [3.8, 4) is 0 Å². The van der Waals surface area contributed by atoms with Gasteiger partial charge in [-0.05, 0) is 56.6 Å². The van der Waals surface area contributed by atoms with Gasteiger partial charge in [-0.1, -0.05) is 26.0 Å². The summed E-state index contributed by atoms with van der Waals surface area (Å²) in [6.07, 6.45) is 3.40. The summed E-state index contributed by atoms with van der Waals surface area (Å²) in [4.78, 5) is 2.38. The molecule has 0 heterocycles. The minimum absolute atomic E-state index is 0.507. The van der Waals surface area contributed by atoms with Crippen LogP contribution in [-0.4, -0.2) is 44.3 Å². The molecule has 0 fully saturated rings. The van der Waals surface area contributed by atoms with Gasteiger partial charge < -0.3 is 10.0 Å². The highest BCUT2D eigenvalue weighted by atomic mass is 32.2. The van der Waals surface area contributed by atoms with Crippen molar-refractivity contribution in [2.24, 2.45) is 0 Å². The van der Waals surface area contributed by atoms with Crippen molar-refractivity contribution in [1.82, 2.24) is 4.90 Å². The fourth-order valence-corrected chi connectivity index (χ4v) is 2.97. The zero-order valence-electron chi connectivity index (χ0n) is 13.7. The number of nitrogens with zero attached hydrogens (tertiary/aromatic N) is 1. The summed E-state index contributed by atoms with van der Waals surface area (Å²) >= 11 is 0. The van der Waals surface area contributed by atoms with Crippen molar-refractivity contribution in [2.75, 3.05) is 30.6 Å². The number of aliphatic hydroxyl groups is 1. The Labute approximate surface area is 134 Å². The van der Waals surface area contributed by atoms with Gasteiger partial charge in [0, 0.05) is 5.69 Å². The summed E-state index contributed by atoms with van der Waals surface area (Å²) in [6, 6.07) is 6.88. The van der Waals surface area contributed by atoms with E-state index in [2.05, 4.69) is 23.5 Å². The number of anilines is 1. The maximum atomic E-state index is 11.1. The zero-order valence-corrected chi connectivity index (χ0v) is 14.6. The summed E-state index contributed by atoms with van der Waals surface area (Å²) in [7, 11) is -3.26. The molecule has 0 bridgehead atoms. The molecule has 22 heavy (non-hydrogen) atoms. The fraction of sp³-hybridized carbons (Fsp3) is 0.625. The number of benzene rings is 1. The van der Waals surface area contributed by atoms with Crippen LogP contribution in [-0.2, 0) is 10.0 Å². The largest absolute Gasteiger partial charge is 0.388 e. The second-order valence-corrected chi connectivity index (χ2v) is 7.34. The van der Waals surface area contributed by atoms with Crippen LogP contribution in [0, 0.1) is 0 Å². The van der Waals surface area contributed by atoms with Crippen LogP contribution in [0.2, 0.25) is 0 Å². The Morgan fingerprint density at radius 2 is 1.82 bits per heavy atom. The summed E-state index contributed by atoms with van der Waals surface area (Å²) in [5.74, 6) is 0. The highest BCUT2D eigenvalue weighted by molar-refractivity contribution is 7.92. The highest BCUT2D eigenvalue weighted by Gasteiger charge is 2.09. The van der Waals surface area contributed by atoms with E-state index in [1.807, 2.05) is 0 Å². The van der Waals surface area contributed by atoms with Gasteiger partial charge >= 0.3 is 0 Å². The van der Waals surface area contributed by atoms with Crippen molar-refractivity contribution in [2.45, 2.75) is 39.2 Å². The van der Waals surface area contributed by atoms with E-state index in [0.29, 0.717) is 12.1 Å². The normalized spacial score (nSPS) is 13.3. The number of sulfonamides is 1. The Balaban J connectivity index is 2.47. The van der Waals surface area contributed by atoms with E-state index in [1.54, 1.807) is 24.3 Å². The van der Waals surface area contributed by atoms with E-state index in [-0.39, 0.29) is 0 Å². The lowest BCUT2D eigenvalue weighted by atomic mass is 10.0. The molecule has 0 aliphatic rings. The predicted molar refractivity (Wildman–Crippen MR) is 91.5 cm³/mol. The zero-order chi connectivity index (χ0) is 16.6. The van der Waals surface area contributed by atoms with Gasteiger partial charge in [-0.15, -0.1) is 0 Å². The van der Waals surface area contributed by atoms with Gasteiger partial charge in [0.1, 0.15) is 0 Å². The van der Waals surface area contributed by atoms with Crippen molar-refractivity contribution in [3.63, 3.8) is 0 Å². The monoisotopic (exact) mass is 328 g/mol. The Hall–Kier alpha value is -1.11. The van der Waals surface area contributed by atoms with E-state index in [1.165, 1.54) is 0 Å². The molecular formula is C16H28N2O3S. The number of rotatable bonds is 10. The standard InChI is InChI=1S/C16H28N2O3S/c1-4-12-18(5-2)13-6-7-16(19)14-8-10-15(11-9-14)17-22(3,20)21/h8-11,16-17,19H,4-7,12-13H2,1-3H3. The molecular weight excluding hydrogens is 300 g/mol. The molecule has 0 saturated heterocycles. The lowest BCUT2D eigenvalue weighted by Crippen LogP contribution is -2.25. The van der Waals surface area contributed by atoms with Crippen molar-refractivity contribution >= 4 is 15.7 Å². The minimum atomic E-state index is -3.26. The molecule has 1 atom stereocenters. The number of hydrogen-bond donors (Lipinski definition) is 2. The van der Waals surface area contributed by atoms with Crippen molar-refractivity contribution < 1.29 is 13.5 Å². The summed E-state index contributed by atoms with van der Waals surface area (Å²) in [5, 5.41) is 10.2. The molecule has 1 aromatic carbocycles. The SMILES string of the molecule is CCCN(CC)CCCC(O)c1ccc(NS(C)(=O)=O)cc1. The molecule has 0 saturated carbocycles. The van der Waals surface area contributed by atoms with E-state index < -0.39 is 16.1 Å². The average molecular weight is 328 g/mol. The average Bonchev–Trinajstić information content (AvgIpc) is 2.45. The van der Waals surface area contributed by atoms with Crippen molar-refractivity contribution in [3.05, 3.63) is 29.8 Å². The maximum absolute atomic E-state index is 11.1. The van der Waals surface area contributed by atoms with Crippen LogP contribution in [0.3, 0.4) is 0 Å². The van der Waals surface area contributed by atoms with Gasteiger partial charge in [-0.2, -0.15) is 0 Å². The molecule has 0 spiro atoms. The first-order chi connectivity index (χ1) is 10.4. The number of hydrogen-bond acceptors (Lipinski definition) is 4. The van der Waals surface area contributed by atoms with Gasteiger partial charge in [0.25, 0.3) is 0 Å². The van der Waals surface area contributed by atoms with Crippen LogP contribution in [0.15, 0.2) is 24.3 Å². The van der Waals surface area contributed by atoms with Crippen LogP contribution in [0.1, 0.15) is 44.8 Å². The molecule has 1 rings (SSSR count). The van der Waals surface area contributed by atoms with Gasteiger partial charge in [-0.25, -0.2) is 8.42 Å². The summed E-state index contributed by atoms with van der Waals surface area (Å²) in [6.45, 7) is 7.45. The molecule has 1 unspecified atom stereocenters. The summed E-state index contributed by atoms with van der Waals surface area (Å²) < 4.78 is 24.7. The van der Waals surface area contributed by atoms with E-state index in [4.69, 9.17) is 0 Å². The lowest BCUT2D eigenvalue weighted by Gasteiger charge is -2.20. The van der Waals surface area contributed by atoms with Crippen LogP contribution in [0.25, 0.3) is 0 Å². The molecule has 1 aromatic rings. The van der Waals surface area contributed by atoms with Gasteiger partial charge in [0.2, 0.25) is 10.0 Å². The predicted octanol–water partition coefficient (Wildman–Crippen LogP) is 2.60. The minimum Gasteiger partial charge on any atom is -0.388 e. The Bertz CT molecular complexity index is 529. The van der Waals surface area contributed by atoms with Crippen LogP contribution >= 0.6 is 0 Å². The molecule has 2 N–H and O–H groups in total. The first-order valence-electron chi connectivity index (χ1n) is 7.84. The third-order valence-corrected chi connectivity index (χ3v) is 4.14. The first-order valence-corrected chi connectivity index (χ1v) is 9.73. The van der Waals surface area contributed by atoms with Gasteiger partial charge in [0.05, 0.1) is 12.4 Å². The lowest BCUT2D eigenvalue weighted by molar-refractivity contribution is 0.156. The van der Waals surface area contributed by atoms with Crippen LogP contribution in [0.4, 0.5) is 5.69 Å². The number of aliphatic hydroxyl groups excluding tert-OH is 1. The quantitative estimate of drug-likeness (QED) is 0.693. The van der Waals surface area contributed by atoms with E-state index >= 15 is 0 Å². The summed E-state index contributed by atoms with van der Waals surface area (Å²) in [5.41, 5.74) is 1.33.